The lowest BCUT2D eigenvalue weighted by Gasteiger charge is -2.19. The predicted molar refractivity (Wildman–Crippen MR) is 67.6 cm³/mol. The number of hydrogen-bond acceptors (Lipinski definition) is 4. The molecule has 0 aromatic carbocycles. The van der Waals surface area contributed by atoms with Gasteiger partial charge in [-0.05, 0) is 13.8 Å². The van der Waals surface area contributed by atoms with Gasteiger partial charge >= 0.3 is 0 Å². The van der Waals surface area contributed by atoms with E-state index in [1.807, 2.05) is 0 Å². The molecule has 0 unspecified atom stereocenters. The largest absolute Gasteiger partial charge is 0.349 e. The van der Waals surface area contributed by atoms with Crippen LogP contribution in [0.4, 0.5) is 5.13 Å². The highest BCUT2D eigenvalue weighted by Gasteiger charge is 2.09. The van der Waals surface area contributed by atoms with E-state index in [0.29, 0.717) is 12.1 Å². The lowest BCUT2D eigenvalue weighted by atomic mass is 10.3. The third-order valence-electron chi connectivity index (χ3n) is 2.31. The van der Waals surface area contributed by atoms with E-state index in [-0.39, 0.29) is 0 Å². The van der Waals surface area contributed by atoms with Gasteiger partial charge in [0.25, 0.3) is 0 Å². The fourth-order valence-corrected chi connectivity index (χ4v) is 1.99. The van der Waals surface area contributed by atoms with Gasteiger partial charge in [-0.2, -0.15) is 0 Å². The van der Waals surface area contributed by atoms with Gasteiger partial charge in [0.15, 0.2) is 5.13 Å². The molecular weight excluding hydrogens is 206 g/mol. The summed E-state index contributed by atoms with van der Waals surface area (Å²) in [4.78, 5) is 6.78. The zero-order valence-electron chi connectivity index (χ0n) is 10.2. The van der Waals surface area contributed by atoms with E-state index >= 15 is 0 Å². The molecule has 86 valence electrons. The molecule has 0 aliphatic heterocycles. The first-order chi connectivity index (χ1) is 7.00. The van der Waals surface area contributed by atoms with Gasteiger partial charge < -0.3 is 10.2 Å². The molecular formula is C11H21N3S. The van der Waals surface area contributed by atoms with Crippen molar-refractivity contribution < 1.29 is 0 Å². The van der Waals surface area contributed by atoms with Crippen molar-refractivity contribution in [1.82, 2.24) is 10.3 Å². The maximum atomic E-state index is 4.59. The Kier molecular flexibility index (Phi) is 4.54. The Hall–Kier alpha value is -0.610. The SMILES string of the molecule is CC(C)NCc1csc(N(C)C(C)C)n1. The number of rotatable bonds is 5. The van der Waals surface area contributed by atoms with Crippen LogP contribution in [-0.2, 0) is 6.54 Å². The second-order valence-electron chi connectivity index (χ2n) is 4.36. The molecule has 0 radical (unpaired) electrons. The molecule has 1 aromatic heterocycles. The van der Waals surface area contributed by atoms with Gasteiger partial charge in [-0.1, -0.05) is 13.8 Å². The summed E-state index contributed by atoms with van der Waals surface area (Å²) in [6, 6.07) is 1.01. The Balaban J connectivity index is 2.56. The minimum Gasteiger partial charge on any atom is -0.349 e. The molecule has 0 saturated carbocycles. The van der Waals surface area contributed by atoms with Crippen molar-refractivity contribution in [1.29, 1.82) is 0 Å². The van der Waals surface area contributed by atoms with Crippen LogP contribution >= 0.6 is 11.3 Å². The molecule has 0 amide bonds. The van der Waals surface area contributed by atoms with Gasteiger partial charge in [0, 0.05) is 31.1 Å². The zero-order chi connectivity index (χ0) is 11.4. The van der Waals surface area contributed by atoms with Crippen molar-refractivity contribution in [2.24, 2.45) is 0 Å². The minimum absolute atomic E-state index is 0.502. The fourth-order valence-electron chi connectivity index (χ4n) is 1.07. The molecule has 0 fully saturated rings. The predicted octanol–water partition coefficient (Wildman–Crippen LogP) is 2.49. The molecule has 0 aliphatic carbocycles. The molecule has 1 aromatic rings. The molecule has 1 heterocycles. The summed E-state index contributed by atoms with van der Waals surface area (Å²) < 4.78 is 0. The maximum absolute atomic E-state index is 4.59. The summed E-state index contributed by atoms with van der Waals surface area (Å²) in [6.45, 7) is 9.50. The number of thiazole rings is 1. The summed E-state index contributed by atoms with van der Waals surface area (Å²) in [7, 11) is 2.09. The summed E-state index contributed by atoms with van der Waals surface area (Å²) in [5.74, 6) is 0. The normalized spacial score (nSPS) is 11.4. The van der Waals surface area contributed by atoms with Gasteiger partial charge in [-0.25, -0.2) is 4.98 Å². The molecule has 15 heavy (non-hydrogen) atoms. The van der Waals surface area contributed by atoms with Gasteiger partial charge in [0.05, 0.1) is 5.69 Å². The van der Waals surface area contributed by atoms with E-state index in [2.05, 4.69) is 55.3 Å². The van der Waals surface area contributed by atoms with Crippen molar-refractivity contribution >= 4 is 16.5 Å². The van der Waals surface area contributed by atoms with Crippen LogP contribution in [0.25, 0.3) is 0 Å². The number of nitrogens with one attached hydrogen (secondary N) is 1. The van der Waals surface area contributed by atoms with Crippen LogP contribution in [0.5, 0.6) is 0 Å². The van der Waals surface area contributed by atoms with E-state index < -0.39 is 0 Å². The number of hydrogen-bond donors (Lipinski definition) is 1. The Bertz CT molecular complexity index is 294. The second-order valence-corrected chi connectivity index (χ2v) is 5.20. The van der Waals surface area contributed by atoms with Gasteiger partial charge in [-0.15, -0.1) is 11.3 Å². The van der Waals surface area contributed by atoms with Crippen molar-refractivity contribution in [3.05, 3.63) is 11.1 Å². The third-order valence-corrected chi connectivity index (χ3v) is 3.29. The number of nitrogens with zero attached hydrogens (tertiary/aromatic N) is 2. The topological polar surface area (TPSA) is 28.2 Å². The summed E-state index contributed by atoms with van der Waals surface area (Å²) >= 11 is 1.71. The highest BCUT2D eigenvalue weighted by molar-refractivity contribution is 7.13. The van der Waals surface area contributed by atoms with Crippen LogP contribution in [0.2, 0.25) is 0 Å². The highest BCUT2D eigenvalue weighted by atomic mass is 32.1. The van der Waals surface area contributed by atoms with Crippen molar-refractivity contribution in [2.75, 3.05) is 11.9 Å². The third kappa shape index (κ3) is 3.80. The van der Waals surface area contributed by atoms with Gasteiger partial charge in [-0.3, -0.25) is 0 Å². The second kappa shape index (κ2) is 5.47. The average molecular weight is 227 g/mol. The van der Waals surface area contributed by atoms with Crippen molar-refractivity contribution in [2.45, 2.75) is 46.3 Å². The lowest BCUT2D eigenvalue weighted by molar-refractivity contribution is 0.582. The smallest absolute Gasteiger partial charge is 0.185 e. The molecule has 1 N–H and O–H groups in total. The standard InChI is InChI=1S/C11H21N3S/c1-8(2)12-6-10-7-15-11(13-10)14(5)9(3)4/h7-9,12H,6H2,1-5H3. The number of anilines is 1. The first kappa shape index (κ1) is 12.5. The van der Waals surface area contributed by atoms with E-state index in [1.165, 1.54) is 0 Å². The number of aromatic nitrogens is 1. The Morgan fingerprint density at radius 1 is 1.40 bits per heavy atom. The van der Waals surface area contributed by atoms with Crippen LogP contribution in [0.3, 0.4) is 0 Å². The first-order valence-corrected chi connectivity index (χ1v) is 6.29. The summed E-state index contributed by atoms with van der Waals surface area (Å²) in [5.41, 5.74) is 1.14. The fraction of sp³-hybridized carbons (Fsp3) is 0.727. The van der Waals surface area contributed by atoms with Crippen LogP contribution in [0.15, 0.2) is 5.38 Å². The minimum atomic E-state index is 0.502. The lowest BCUT2D eigenvalue weighted by Crippen LogP contribution is -2.26. The van der Waals surface area contributed by atoms with E-state index in [1.54, 1.807) is 11.3 Å². The quantitative estimate of drug-likeness (QED) is 0.837. The van der Waals surface area contributed by atoms with Gasteiger partial charge in [0.1, 0.15) is 0 Å². The van der Waals surface area contributed by atoms with E-state index in [0.717, 1.165) is 17.4 Å². The molecule has 0 saturated heterocycles. The van der Waals surface area contributed by atoms with E-state index in [9.17, 15) is 0 Å². The molecule has 4 heteroatoms. The highest BCUT2D eigenvalue weighted by Crippen LogP contribution is 2.20. The Labute approximate surface area is 96.5 Å². The molecule has 0 spiro atoms. The molecule has 0 aliphatic rings. The van der Waals surface area contributed by atoms with Crippen molar-refractivity contribution in [3.8, 4) is 0 Å². The van der Waals surface area contributed by atoms with Crippen LogP contribution in [0.1, 0.15) is 33.4 Å². The summed E-state index contributed by atoms with van der Waals surface area (Å²) in [5, 5.41) is 6.60. The zero-order valence-corrected chi connectivity index (χ0v) is 11.1. The van der Waals surface area contributed by atoms with Crippen molar-refractivity contribution in [3.63, 3.8) is 0 Å². The molecule has 1 rings (SSSR count). The molecule has 0 bridgehead atoms. The van der Waals surface area contributed by atoms with Crippen LogP contribution in [-0.4, -0.2) is 24.1 Å². The molecule has 3 nitrogen and oxygen atoms in total. The maximum Gasteiger partial charge on any atom is 0.185 e. The van der Waals surface area contributed by atoms with Crippen LogP contribution in [0, 0.1) is 0 Å². The monoisotopic (exact) mass is 227 g/mol. The average Bonchev–Trinajstić information content (AvgIpc) is 2.61. The van der Waals surface area contributed by atoms with E-state index in [4.69, 9.17) is 0 Å². The van der Waals surface area contributed by atoms with Crippen LogP contribution < -0.4 is 10.2 Å². The van der Waals surface area contributed by atoms with Gasteiger partial charge in [0.2, 0.25) is 0 Å². The Morgan fingerprint density at radius 3 is 2.60 bits per heavy atom. The summed E-state index contributed by atoms with van der Waals surface area (Å²) in [6.07, 6.45) is 0. The Morgan fingerprint density at radius 2 is 2.07 bits per heavy atom. The first-order valence-electron chi connectivity index (χ1n) is 5.41. The molecule has 0 atom stereocenters.